The molecule has 2 fully saturated rings. The Bertz CT molecular complexity index is 1430. The lowest BCUT2D eigenvalue weighted by atomic mass is 10.1. The van der Waals surface area contributed by atoms with Crippen LogP contribution in [0.25, 0.3) is 6.08 Å². The second-order valence-electron chi connectivity index (χ2n) is 9.66. The monoisotopic (exact) mass is 557 g/mol. The molecule has 0 aromatic heterocycles. The molecule has 3 aromatic rings. The van der Waals surface area contributed by atoms with E-state index in [0.717, 1.165) is 33.5 Å². The smallest absolute Gasteiger partial charge is 0.294 e. The third-order valence-electron chi connectivity index (χ3n) is 6.88. The molecule has 0 radical (unpaired) electrons. The molecule has 0 spiro atoms. The standard InChI is InChI=1S/C31H31N3O5S/c1-22-7-6-8-24(17-22)21-39-26-12-11-23(18-27(26)38-2)19-28-30(36)34(31(37)40-28)20-29(35)33-15-13-32(14-16-33)25-9-4-3-5-10-25/h3-12,17-19H,13-16,20-21H2,1-2H3/b28-19+. The van der Waals surface area contributed by atoms with E-state index in [9.17, 15) is 14.4 Å². The van der Waals surface area contributed by atoms with E-state index in [2.05, 4.69) is 11.0 Å². The number of rotatable bonds is 8. The van der Waals surface area contributed by atoms with Crippen LogP contribution in [0.1, 0.15) is 16.7 Å². The fraction of sp³-hybridized carbons (Fsp3) is 0.258. The van der Waals surface area contributed by atoms with E-state index in [4.69, 9.17) is 9.47 Å². The van der Waals surface area contributed by atoms with Gasteiger partial charge < -0.3 is 19.3 Å². The van der Waals surface area contributed by atoms with Crippen molar-refractivity contribution in [2.45, 2.75) is 13.5 Å². The number of carbonyl (C=O) groups excluding carboxylic acids is 3. The third-order valence-corrected chi connectivity index (χ3v) is 7.79. The average molecular weight is 558 g/mol. The molecule has 2 aliphatic rings. The fourth-order valence-corrected chi connectivity index (χ4v) is 5.57. The van der Waals surface area contributed by atoms with E-state index in [1.54, 1.807) is 36.3 Å². The number of nitrogens with zero attached hydrogens (tertiary/aromatic N) is 3. The maximum Gasteiger partial charge on any atom is 0.294 e. The number of hydrogen-bond acceptors (Lipinski definition) is 7. The summed E-state index contributed by atoms with van der Waals surface area (Å²) in [4.78, 5) is 43.9. The van der Waals surface area contributed by atoms with Crippen molar-refractivity contribution in [1.82, 2.24) is 9.80 Å². The van der Waals surface area contributed by atoms with Crippen molar-refractivity contribution < 1.29 is 23.9 Å². The first-order chi connectivity index (χ1) is 19.4. The number of ether oxygens (including phenoxy) is 2. The van der Waals surface area contributed by atoms with Gasteiger partial charge in [-0.05, 0) is 60.2 Å². The Morgan fingerprint density at radius 2 is 1.70 bits per heavy atom. The maximum absolute atomic E-state index is 13.1. The number of imide groups is 1. The van der Waals surface area contributed by atoms with Crippen molar-refractivity contribution in [3.8, 4) is 11.5 Å². The van der Waals surface area contributed by atoms with Crippen molar-refractivity contribution in [2.24, 2.45) is 0 Å². The lowest BCUT2D eigenvalue weighted by Gasteiger charge is -2.36. The van der Waals surface area contributed by atoms with E-state index in [1.165, 1.54) is 0 Å². The number of para-hydroxylation sites is 1. The van der Waals surface area contributed by atoms with Gasteiger partial charge in [0.05, 0.1) is 12.0 Å². The molecule has 3 aromatic carbocycles. The Kier molecular flexibility index (Phi) is 8.40. The van der Waals surface area contributed by atoms with E-state index in [-0.39, 0.29) is 17.4 Å². The van der Waals surface area contributed by atoms with Gasteiger partial charge in [0.25, 0.3) is 11.1 Å². The first kappa shape index (κ1) is 27.3. The van der Waals surface area contributed by atoms with Crippen molar-refractivity contribution in [3.05, 3.63) is 94.4 Å². The summed E-state index contributed by atoms with van der Waals surface area (Å²) in [7, 11) is 1.55. The summed E-state index contributed by atoms with van der Waals surface area (Å²) in [6, 6.07) is 23.5. The van der Waals surface area contributed by atoms with Crippen molar-refractivity contribution in [3.63, 3.8) is 0 Å². The second kappa shape index (κ2) is 12.3. The minimum atomic E-state index is -0.468. The van der Waals surface area contributed by atoms with Crippen LogP contribution in [0.4, 0.5) is 10.5 Å². The molecule has 0 N–H and O–H groups in total. The molecule has 0 saturated carbocycles. The lowest BCUT2D eigenvalue weighted by Crippen LogP contribution is -2.51. The van der Waals surface area contributed by atoms with Gasteiger partial charge in [0, 0.05) is 31.9 Å². The SMILES string of the molecule is COc1cc(/C=C2/SC(=O)N(CC(=O)N3CCN(c4ccccc4)CC3)C2=O)ccc1OCc1cccc(C)c1. The molecule has 0 unspecified atom stereocenters. The highest BCUT2D eigenvalue weighted by Gasteiger charge is 2.37. The van der Waals surface area contributed by atoms with Crippen molar-refractivity contribution >= 4 is 40.6 Å². The molecule has 0 aliphatic carbocycles. The number of aryl methyl sites for hydroxylation is 1. The summed E-state index contributed by atoms with van der Waals surface area (Å²) < 4.78 is 11.5. The summed E-state index contributed by atoms with van der Waals surface area (Å²) >= 11 is 0.837. The summed E-state index contributed by atoms with van der Waals surface area (Å²) in [5, 5.41) is -0.447. The van der Waals surface area contributed by atoms with Crippen LogP contribution < -0.4 is 14.4 Å². The molecule has 2 saturated heterocycles. The largest absolute Gasteiger partial charge is 0.493 e. The molecule has 8 nitrogen and oxygen atoms in total. The van der Waals surface area contributed by atoms with E-state index in [1.807, 2.05) is 55.5 Å². The molecule has 2 heterocycles. The van der Waals surface area contributed by atoms with Crippen LogP contribution in [0, 0.1) is 6.92 Å². The quantitative estimate of drug-likeness (QED) is 0.362. The third kappa shape index (κ3) is 6.31. The highest BCUT2D eigenvalue weighted by molar-refractivity contribution is 8.18. The second-order valence-corrected chi connectivity index (χ2v) is 10.7. The average Bonchev–Trinajstić information content (AvgIpc) is 3.24. The molecule has 9 heteroatoms. The summed E-state index contributed by atoms with van der Waals surface area (Å²) in [6.07, 6.45) is 1.64. The number of hydrogen-bond donors (Lipinski definition) is 0. The first-order valence-corrected chi connectivity index (χ1v) is 13.9. The minimum absolute atomic E-state index is 0.229. The molecule has 5 rings (SSSR count). The Morgan fingerprint density at radius 1 is 0.925 bits per heavy atom. The highest BCUT2D eigenvalue weighted by Crippen LogP contribution is 2.35. The van der Waals surface area contributed by atoms with Crippen LogP contribution in [0.2, 0.25) is 0 Å². The molecule has 0 atom stereocenters. The number of thioether (sulfide) groups is 1. The van der Waals surface area contributed by atoms with Crippen LogP contribution >= 0.6 is 11.8 Å². The van der Waals surface area contributed by atoms with Crippen LogP contribution in [0.3, 0.4) is 0 Å². The van der Waals surface area contributed by atoms with Crippen LogP contribution in [-0.2, 0) is 16.2 Å². The maximum atomic E-state index is 13.1. The normalized spacial score (nSPS) is 16.6. The predicted molar refractivity (Wildman–Crippen MR) is 156 cm³/mol. The minimum Gasteiger partial charge on any atom is -0.493 e. The number of anilines is 1. The lowest BCUT2D eigenvalue weighted by molar-refractivity contribution is -0.136. The first-order valence-electron chi connectivity index (χ1n) is 13.1. The van der Waals surface area contributed by atoms with Gasteiger partial charge in [0.2, 0.25) is 5.91 Å². The van der Waals surface area contributed by atoms with Gasteiger partial charge in [-0.2, -0.15) is 0 Å². The Labute approximate surface area is 238 Å². The molecule has 0 bridgehead atoms. The molecule has 3 amide bonds. The molecule has 2 aliphatic heterocycles. The molecular weight excluding hydrogens is 526 g/mol. The van der Waals surface area contributed by atoms with Crippen LogP contribution in [0.5, 0.6) is 11.5 Å². The van der Waals surface area contributed by atoms with Gasteiger partial charge in [0.1, 0.15) is 13.2 Å². The zero-order chi connectivity index (χ0) is 28.1. The fourth-order valence-electron chi connectivity index (χ4n) is 4.73. The topological polar surface area (TPSA) is 79.4 Å². The number of benzene rings is 3. The highest BCUT2D eigenvalue weighted by atomic mass is 32.2. The van der Waals surface area contributed by atoms with Gasteiger partial charge >= 0.3 is 0 Å². The van der Waals surface area contributed by atoms with Gasteiger partial charge in [-0.25, -0.2) is 0 Å². The Hall–Kier alpha value is -4.24. The summed E-state index contributed by atoms with van der Waals surface area (Å²) in [5.74, 6) is 0.399. The van der Waals surface area contributed by atoms with Crippen molar-refractivity contribution in [2.75, 3.05) is 44.7 Å². The number of carbonyl (C=O) groups is 3. The number of amides is 3. The van der Waals surface area contributed by atoms with Gasteiger partial charge in [-0.15, -0.1) is 0 Å². The molecule has 206 valence electrons. The Morgan fingerprint density at radius 3 is 2.42 bits per heavy atom. The molecular formula is C31H31N3O5S. The number of piperazine rings is 1. The van der Waals surface area contributed by atoms with E-state index >= 15 is 0 Å². The predicted octanol–water partition coefficient (Wildman–Crippen LogP) is 4.97. The van der Waals surface area contributed by atoms with Gasteiger partial charge in [-0.3, -0.25) is 19.3 Å². The zero-order valence-corrected chi connectivity index (χ0v) is 23.4. The van der Waals surface area contributed by atoms with Crippen LogP contribution in [-0.4, -0.2) is 66.7 Å². The van der Waals surface area contributed by atoms with E-state index < -0.39 is 11.1 Å². The zero-order valence-electron chi connectivity index (χ0n) is 22.5. The van der Waals surface area contributed by atoms with Gasteiger partial charge in [0.15, 0.2) is 11.5 Å². The summed E-state index contributed by atoms with van der Waals surface area (Å²) in [5.41, 5.74) is 4.01. The molecule has 40 heavy (non-hydrogen) atoms. The summed E-state index contributed by atoms with van der Waals surface area (Å²) in [6.45, 7) is 4.64. The van der Waals surface area contributed by atoms with E-state index in [0.29, 0.717) is 49.8 Å². The number of methoxy groups -OCH3 is 1. The Balaban J connectivity index is 1.19. The van der Waals surface area contributed by atoms with Crippen molar-refractivity contribution in [1.29, 1.82) is 0 Å². The van der Waals surface area contributed by atoms with Crippen LogP contribution in [0.15, 0.2) is 77.7 Å². The van der Waals surface area contributed by atoms with Gasteiger partial charge in [-0.1, -0.05) is 54.1 Å².